The molecule has 25 heavy (non-hydrogen) atoms. The lowest BCUT2D eigenvalue weighted by Gasteiger charge is -2.35. The van der Waals surface area contributed by atoms with E-state index in [9.17, 15) is 4.79 Å². The van der Waals surface area contributed by atoms with Crippen LogP contribution in [0, 0.1) is 0 Å². The van der Waals surface area contributed by atoms with Crippen molar-refractivity contribution in [2.45, 2.75) is 19.5 Å². The number of nitrogens with one attached hydrogen (secondary N) is 1. The van der Waals surface area contributed by atoms with Gasteiger partial charge in [-0.15, -0.1) is 0 Å². The maximum absolute atomic E-state index is 12.7. The average Bonchev–Trinajstić information content (AvgIpc) is 2.68. The van der Waals surface area contributed by atoms with Gasteiger partial charge in [0.15, 0.2) is 0 Å². The van der Waals surface area contributed by atoms with E-state index in [1.807, 2.05) is 54.3 Å². The third-order valence-corrected chi connectivity index (χ3v) is 4.13. The van der Waals surface area contributed by atoms with Gasteiger partial charge in [0, 0.05) is 24.8 Å². The summed E-state index contributed by atoms with van der Waals surface area (Å²) in [5.41, 5.74) is 1.94. The van der Waals surface area contributed by atoms with E-state index < -0.39 is 0 Å². The molecule has 1 aliphatic rings. The van der Waals surface area contributed by atoms with Gasteiger partial charge in [0.25, 0.3) is 0 Å². The van der Waals surface area contributed by atoms with Crippen molar-refractivity contribution in [3.8, 4) is 5.88 Å². The van der Waals surface area contributed by atoms with Gasteiger partial charge in [-0.1, -0.05) is 36.4 Å². The Labute approximate surface area is 147 Å². The highest BCUT2D eigenvalue weighted by molar-refractivity contribution is 5.75. The Kier molecular flexibility index (Phi) is 5.85. The lowest BCUT2D eigenvalue weighted by molar-refractivity contribution is 0.0116. The minimum absolute atomic E-state index is 0.0739. The number of benzene rings is 1. The molecule has 1 atom stereocenters. The zero-order chi connectivity index (χ0) is 17.5. The highest BCUT2D eigenvalue weighted by atomic mass is 16.5. The highest BCUT2D eigenvalue weighted by Crippen LogP contribution is 2.24. The lowest BCUT2D eigenvalue weighted by atomic mass is 10.1. The van der Waals surface area contributed by atoms with Gasteiger partial charge in [0.1, 0.15) is 0 Å². The van der Waals surface area contributed by atoms with Crippen molar-refractivity contribution in [3.05, 3.63) is 59.8 Å². The fourth-order valence-electron chi connectivity index (χ4n) is 2.90. The first-order valence-electron chi connectivity index (χ1n) is 8.53. The van der Waals surface area contributed by atoms with E-state index in [4.69, 9.17) is 9.47 Å². The Morgan fingerprint density at radius 2 is 2.16 bits per heavy atom. The first kappa shape index (κ1) is 17.2. The molecule has 6 nitrogen and oxygen atoms in total. The van der Waals surface area contributed by atoms with Crippen LogP contribution in [0.2, 0.25) is 0 Å². The van der Waals surface area contributed by atoms with E-state index >= 15 is 0 Å². The molecular formula is C19H23N3O3. The molecule has 1 N–H and O–H groups in total. The minimum Gasteiger partial charge on any atom is -0.478 e. The molecule has 2 heterocycles. The maximum atomic E-state index is 12.7. The summed E-state index contributed by atoms with van der Waals surface area (Å²) in [4.78, 5) is 18.8. The Morgan fingerprint density at radius 3 is 2.96 bits per heavy atom. The van der Waals surface area contributed by atoms with Crippen molar-refractivity contribution in [1.82, 2.24) is 15.2 Å². The number of rotatable bonds is 5. The molecule has 1 saturated heterocycles. The van der Waals surface area contributed by atoms with Crippen molar-refractivity contribution >= 4 is 6.03 Å². The van der Waals surface area contributed by atoms with Crippen molar-refractivity contribution in [2.75, 3.05) is 26.4 Å². The molecule has 1 aromatic carbocycles. The molecule has 6 heteroatoms. The van der Waals surface area contributed by atoms with Gasteiger partial charge in [-0.2, -0.15) is 0 Å². The largest absolute Gasteiger partial charge is 0.478 e. The van der Waals surface area contributed by atoms with Crippen LogP contribution in [0.25, 0.3) is 0 Å². The number of aromatic nitrogens is 1. The molecule has 0 saturated carbocycles. The summed E-state index contributed by atoms with van der Waals surface area (Å²) in [5, 5.41) is 2.98. The molecule has 0 radical (unpaired) electrons. The summed E-state index contributed by atoms with van der Waals surface area (Å²) < 4.78 is 11.1. The third-order valence-electron chi connectivity index (χ3n) is 4.13. The Balaban J connectivity index is 1.67. The van der Waals surface area contributed by atoms with Gasteiger partial charge in [0.05, 0.1) is 25.9 Å². The van der Waals surface area contributed by atoms with Crippen LogP contribution in [0.4, 0.5) is 4.79 Å². The zero-order valence-electron chi connectivity index (χ0n) is 14.4. The van der Waals surface area contributed by atoms with Crippen LogP contribution in [0.15, 0.2) is 48.7 Å². The number of ether oxygens (including phenoxy) is 2. The van der Waals surface area contributed by atoms with Crippen LogP contribution in [0.3, 0.4) is 0 Å². The molecule has 2 amide bonds. The van der Waals surface area contributed by atoms with E-state index in [1.165, 1.54) is 0 Å². The van der Waals surface area contributed by atoms with Crippen molar-refractivity contribution in [1.29, 1.82) is 0 Å². The van der Waals surface area contributed by atoms with E-state index in [2.05, 4.69) is 10.3 Å². The molecule has 132 valence electrons. The fraction of sp³-hybridized carbons (Fsp3) is 0.368. The summed E-state index contributed by atoms with van der Waals surface area (Å²) in [7, 11) is 0. The summed E-state index contributed by atoms with van der Waals surface area (Å²) in [5.74, 6) is 0.562. The number of carbonyl (C=O) groups excluding carboxylic acids is 1. The fourth-order valence-corrected chi connectivity index (χ4v) is 2.90. The zero-order valence-corrected chi connectivity index (χ0v) is 14.4. The van der Waals surface area contributed by atoms with Gasteiger partial charge in [-0.3, -0.25) is 0 Å². The molecule has 0 spiro atoms. The predicted octanol–water partition coefficient (Wildman–Crippen LogP) is 2.76. The second-order valence-electron chi connectivity index (χ2n) is 5.75. The number of carbonyl (C=O) groups is 1. The van der Waals surface area contributed by atoms with E-state index in [1.54, 1.807) is 6.20 Å². The van der Waals surface area contributed by atoms with Gasteiger partial charge in [-0.25, -0.2) is 9.78 Å². The first-order chi connectivity index (χ1) is 12.3. The van der Waals surface area contributed by atoms with Crippen LogP contribution < -0.4 is 10.1 Å². The average molecular weight is 341 g/mol. The summed E-state index contributed by atoms with van der Waals surface area (Å²) in [6, 6.07) is 13.5. The number of hydrogen-bond acceptors (Lipinski definition) is 4. The molecule has 1 unspecified atom stereocenters. The van der Waals surface area contributed by atoms with Crippen molar-refractivity contribution in [3.63, 3.8) is 0 Å². The van der Waals surface area contributed by atoms with Crippen LogP contribution >= 0.6 is 0 Å². The molecule has 3 rings (SSSR count). The Bertz CT molecular complexity index is 693. The third kappa shape index (κ3) is 4.28. The number of urea groups is 1. The van der Waals surface area contributed by atoms with Gasteiger partial charge < -0.3 is 19.7 Å². The predicted molar refractivity (Wildman–Crippen MR) is 94.3 cm³/mol. The van der Waals surface area contributed by atoms with Crippen LogP contribution in [0.5, 0.6) is 5.88 Å². The van der Waals surface area contributed by atoms with Gasteiger partial charge in [-0.05, 0) is 18.6 Å². The van der Waals surface area contributed by atoms with Crippen molar-refractivity contribution < 1.29 is 14.3 Å². The first-order valence-corrected chi connectivity index (χ1v) is 8.53. The van der Waals surface area contributed by atoms with E-state index in [0.29, 0.717) is 38.8 Å². The quantitative estimate of drug-likeness (QED) is 0.908. The molecule has 0 bridgehead atoms. The second kappa shape index (κ2) is 8.48. The molecule has 1 aliphatic heterocycles. The topological polar surface area (TPSA) is 63.7 Å². The monoisotopic (exact) mass is 341 g/mol. The summed E-state index contributed by atoms with van der Waals surface area (Å²) in [6.07, 6.45) is 1.68. The number of nitrogens with zero attached hydrogens (tertiary/aromatic N) is 2. The number of pyridine rings is 1. The smallest absolute Gasteiger partial charge is 0.318 e. The standard InChI is InChI=1S/C19H23N3O3/c1-2-25-18-16(9-6-10-20-18)13-21-19(23)22-11-12-24-14-17(22)15-7-4-3-5-8-15/h3-10,17H,2,11-14H2,1H3,(H,21,23). The molecule has 0 aliphatic carbocycles. The normalized spacial score (nSPS) is 17.2. The Hall–Kier alpha value is -2.60. The molecule has 1 aromatic heterocycles. The van der Waals surface area contributed by atoms with Crippen LogP contribution in [-0.4, -0.2) is 42.3 Å². The van der Waals surface area contributed by atoms with Crippen LogP contribution in [0.1, 0.15) is 24.1 Å². The van der Waals surface area contributed by atoms with Gasteiger partial charge >= 0.3 is 6.03 Å². The molecule has 2 aromatic rings. The summed E-state index contributed by atoms with van der Waals surface area (Å²) in [6.45, 7) is 4.45. The van der Waals surface area contributed by atoms with E-state index in [-0.39, 0.29) is 12.1 Å². The van der Waals surface area contributed by atoms with E-state index in [0.717, 1.165) is 11.1 Å². The Morgan fingerprint density at radius 1 is 1.32 bits per heavy atom. The van der Waals surface area contributed by atoms with Crippen molar-refractivity contribution in [2.24, 2.45) is 0 Å². The number of morpholine rings is 1. The SMILES string of the molecule is CCOc1ncccc1CNC(=O)N1CCOCC1c1ccccc1. The van der Waals surface area contributed by atoms with Crippen LogP contribution in [-0.2, 0) is 11.3 Å². The number of amides is 2. The maximum Gasteiger partial charge on any atom is 0.318 e. The highest BCUT2D eigenvalue weighted by Gasteiger charge is 2.28. The molecule has 1 fully saturated rings. The summed E-state index contributed by atoms with van der Waals surface area (Å²) >= 11 is 0. The number of hydrogen-bond donors (Lipinski definition) is 1. The molecular weight excluding hydrogens is 318 g/mol. The second-order valence-corrected chi connectivity index (χ2v) is 5.75. The minimum atomic E-state index is -0.108. The lowest BCUT2D eigenvalue weighted by Crippen LogP contribution is -2.47. The van der Waals surface area contributed by atoms with Gasteiger partial charge in [0.2, 0.25) is 5.88 Å².